The van der Waals surface area contributed by atoms with Crippen molar-refractivity contribution in [1.29, 1.82) is 0 Å². The molecule has 0 heterocycles. The van der Waals surface area contributed by atoms with E-state index in [1.807, 2.05) is 92.7 Å². The number of ether oxygens (including phenoxy) is 2. The van der Waals surface area contributed by atoms with Gasteiger partial charge in [0.05, 0.1) is 6.04 Å². The highest BCUT2D eigenvalue weighted by atomic mass is 16.6. The van der Waals surface area contributed by atoms with Gasteiger partial charge >= 0.3 is 5.97 Å². The molecule has 3 aromatic rings. The van der Waals surface area contributed by atoms with Crippen LogP contribution in [0.1, 0.15) is 28.3 Å². The molecule has 1 N–H and O–H groups in total. The van der Waals surface area contributed by atoms with Crippen molar-refractivity contribution in [3.63, 3.8) is 0 Å². The summed E-state index contributed by atoms with van der Waals surface area (Å²) in [7, 11) is 0. The number of amides is 1. The van der Waals surface area contributed by atoms with Crippen molar-refractivity contribution in [1.82, 2.24) is 5.32 Å². The third kappa shape index (κ3) is 6.21. The fourth-order valence-corrected chi connectivity index (χ4v) is 3.20. The molecular formula is C25H25NO4. The number of nitrogens with one attached hydrogen (secondary N) is 1. The summed E-state index contributed by atoms with van der Waals surface area (Å²) in [4.78, 5) is 24.4. The molecule has 0 saturated heterocycles. The highest BCUT2D eigenvalue weighted by molar-refractivity contribution is 5.81. The lowest BCUT2D eigenvalue weighted by Gasteiger charge is -2.20. The Hall–Kier alpha value is -3.60. The molecule has 0 aliphatic rings. The summed E-state index contributed by atoms with van der Waals surface area (Å²) < 4.78 is 10.6. The van der Waals surface area contributed by atoms with Gasteiger partial charge in [-0.1, -0.05) is 66.7 Å². The molecule has 0 radical (unpaired) electrons. The van der Waals surface area contributed by atoms with Crippen LogP contribution in [0.5, 0.6) is 5.75 Å². The highest BCUT2D eigenvalue weighted by Gasteiger charge is 2.17. The Morgan fingerprint density at radius 2 is 1.33 bits per heavy atom. The van der Waals surface area contributed by atoms with Crippen molar-refractivity contribution in [2.75, 3.05) is 13.2 Å². The summed E-state index contributed by atoms with van der Waals surface area (Å²) in [5.74, 6) is -0.380. The minimum Gasteiger partial charge on any atom is -0.482 e. The Labute approximate surface area is 176 Å². The molecule has 0 fully saturated rings. The van der Waals surface area contributed by atoms with Gasteiger partial charge in [-0.3, -0.25) is 4.79 Å². The number of rotatable bonds is 8. The van der Waals surface area contributed by atoms with Crippen molar-refractivity contribution < 1.29 is 19.1 Å². The zero-order valence-corrected chi connectivity index (χ0v) is 17.1. The topological polar surface area (TPSA) is 64.6 Å². The molecule has 1 amide bonds. The first-order valence-electron chi connectivity index (χ1n) is 9.77. The molecule has 0 aliphatic heterocycles. The third-order valence-corrected chi connectivity index (χ3v) is 4.49. The molecule has 3 rings (SSSR count). The molecule has 0 bridgehead atoms. The van der Waals surface area contributed by atoms with E-state index in [1.165, 1.54) is 0 Å². The summed E-state index contributed by atoms with van der Waals surface area (Å²) in [5.41, 5.74) is 3.99. The largest absolute Gasteiger partial charge is 0.482 e. The lowest BCUT2D eigenvalue weighted by molar-refractivity contribution is -0.150. The normalized spacial score (nSPS) is 10.5. The van der Waals surface area contributed by atoms with E-state index in [1.54, 1.807) is 0 Å². The van der Waals surface area contributed by atoms with Crippen LogP contribution in [0.2, 0.25) is 0 Å². The molecule has 154 valence electrons. The second kappa shape index (κ2) is 10.3. The summed E-state index contributed by atoms with van der Waals surface area (Å²) >= 11 is 0. The second-order valence-corrected chi connectivity index (χ2v) is 7.09. The maximum atomic E-state index is 12.4. The number of hydrogen-bond acceptors (Lipinski definition) is 4. The number of aryl methyl sites for hydroxylation is 2. The average Bonchev–Trinajstić information content (AvgIpc) is 2.75. The smallest absolute Gasteiger partial charge is 0.344 e. The Balaban J connectivity index is 1.54. The van der Waals surface area contributed by atoms with Gasteiger partial charge in [0.1, 0.15) is 5.75 Å². The Bertz CT molecular complexity index is 927. The molecular weight excluding hydrogens is 378 g/mol. The Morgan fingerprint density at radius 3 is 1.87 bits per heavy atom. The van der Waals surface area contributed by atoms with Crippen LogP contribution in [0.3, 0.4) is 0 Å². The standard InChI is InChI=1S/C25H25NO4/c1-18-13-19(2)15-22(14-18)29-17-24(28)30-16-23(27)26-25(20-9-5-3-6-10-20)21-11-7-4-8-12-21/h3-15,25H,16-17H2,1-2H3,(H,26,27). The van der Waals surface area contributed by atoms with Crippen LogP contribution in [0.15, 0.2) is 78.9 Å². The SMILES string of the molecule is Cc1cc(C)cc(OCC(=O)OCC(=O)NC(c2ccccc2)c2ccccc2)c1. The van der Waals surface area contributed by atoms with Crippen LogP contribution in [-0.4, -0.2) is 25.1 Å². The van der Waals surface area contributed by atoms with Crippen molar-refractivity contribution in [2.45, 2.75) is 19.9 Å². The molecule has 0 atom stereocenters. The molecule has 0 spiro atoms. The maximum Gasteiger partial charge on any atom is 0.344 e. The second-order valence-electron chi connectivity index (χ2n) is 7.09. The van der Waals surface area contributed by atoms with E-state index < -0.39 is 5.97 Å². The van der Waals surface area contributed by atoms with Crippen LogP contribution in [0, 0.1) is 13.8 Å². The zero-order chi connectivity index (χ0) is 21.3. The van der Waals surface area contributed by atoms with Crippen molar-refractivity contribution >= 4 is 11.9 Å². The van der Waals surface area contributed by atoms with Gasteiger partial charge in [0.25, 0.3) is 5.91 Å². The number of carbonyl (C=O) groups is 2. The predicted octanol–water partition coefficient (Wildman–Crippen LogP) is 4.13. The first kappa shape index (κ1) is 21.1. The summed E-state index contributed by atoms with van der Waals surface area (Å²) in [6.07, 6.45) is 0. The lowest BCUT2D eigenvalue weighted by Crippen LogP contribution is -2.33. The summed E-state index contributed by atoms with van der Waals surface area (Å²) in [6.45, 7) is 3.29. The van der Waals surface area contributed by atoms with E-state index in [2.05, 4.69) is 5.32 Å². The molecule has 0 aromatic heterocycles. The van der Waals surface area contributed by atoms with Crippen LogP contribution in [0.4, 0.5) is 0 Å². The zero-order valence-electron chi connectivity index (χ0n) is 17.1. The van der Waals surface area contributed by atoms with Crippen LogP contribution in [-0.2, 0) is 14.3 Å². The third-order valence-electron chi connectivity index (χ3n) is 4.49. The van der Waals surface area contributed by atoms with Crippen molar-refractivity contribution in [2.24, 2.45) is 0 Å². The van der Waals surface area contributed by atoms with Crippen LogP contribution >= 0.6 is 0 Å². The predicted molar refractivity (Wildman–Crippen MR) is 115 cm³/mol. The minimum absolute atomic E-state index is 0.253. The molecule has 0 saturated carbocycles. The minimum atomic E-state index is -0.597. The van der Waals surface area contributed by atoms with E-state index in [0.717, 1.165) is 22.3 Å². The lowest BCUT2D eigenvalue weighted by atomic mass is 9.99. The van der Waals surface area contributed by atoms with E-state index in [0.29, 0.717) is 5.75 Å². The Morgan fingerprint density at radius 1 is 0.800 bits per heavy atom. The van der Waals surface area contributed by atoms with Gasteiger partial charge in [-0.25, -0.2) is 4.79 Å². The monoisotopic (exact) mass is 403 g/mol. The molecule has 3 aromatic carbocycles. The molecule has 30 heavy (non-hydrogen) atoms. The average molecular weight is 403 g/mol. The molecule has 5 heteroatoms. The number of carbonyl (C=O) groups excluding carboxylic acids is 2. The molecule has 0 aliphatic carbocycles. The van der Waals surface area contributed by atoms with E-state index in [-0.39, 0.29) is 25.2 Å². The van der Waals surface area contributed by atoms with Gasteiger partial charge in [0.2, 0.25) is 0 Å². The Kier molecular flexibility index (Phi) is 7.22. The fraction of sp³-hybridized carbons (Fsp3) is 0.200. The van der Waals surface area contributed by atoms with E-state index in [9.17, 15) is 9.59 Å². The van der Waals surface area contributed by atoms with Crippen LogP contribution in [0.25, 0.3) is 0 Å². The van der Waals surface area contributed by atoms with E-state index >= 15 is 0 Å². The number of benzene rings is 3. The fourth-order valence-electron chi connectivity index (χ4n) is 3.20. The molecule has 5 nitrogen and oxygen atoms in total. The van der Waals surface area contributed by atoms with Crippen molar-refractivity contribution in [3.8, 4) is 5.75 Å². The molecule has 0 unspecified atom stereocenters. The number of hydrogen-bond donors (Lipinski definition) is 1. The number of esters is 1. The van der Waals surface area contributed by atoms with Gasteiger partial charge in [0, 0.05) is 0 Å². The summed E-state index contributed by atoms with van der Waals surface area (Å²) in [6, 6.07) is 24.7. The van der Waals surface area contributed by atoms with Crippen LogP contribution < -0.4 is 10.1 Å². The first-order valence-corrected chi connectivity index (χ1v) is 9.77. The highest BCUT2D eigenvalue weighted by Crippen LogP contribution is 2.21. The summed E-state index contributed by atoms with van der Waals surface area (Å²) in [5, 5.41) is 2.94. The van der Waals surface area contributed by atoms with E-state index in [4.69, 9.17) is 9.47 Å². The van der Waals surface area contributed by atoms with Gasteiger partial charge in [0.15, 0.2) is 13.2 Å². The van der Waals surface area contributed by atoms with Gasteiger partial charge < -0.3 is 14.8 Å². The van der Waals surface area contributed by atoms with Gasteiger partial charge in [-0.05, 0) is 48.2 Å². The van der Waals surface area contributed by atoms with Crippen molar-refractivity contribution in [3.05, 3.63) is 101 Å². The maximum absolute atomic E-state index is 12.4. The van der Waals surface area contributed by atoms with Gasteiger partial charge in [-0.15, -0.1) is 0 Å². The van der Waals surface area contributed by atoms with Gasteiger partial charge in [-0.2, -0.15) is 0 Å². The quantitative estimate of drug-likeness (QED) is 0.575. The first-order chi connectivity index (χ1) is 14.5.